The van der Waals surface area contributed by atoms with Crippen molar-refractivity contribution in [2.45, 2.75) is 33.2 Å². The fourth-order valence-electron chi connectivity index (χ4n) is 1.19. The van der Waals surface area contributed by atoms with Gasteiger partial charge in [-0.15, -0.1) is 0 Å². The highest BCUT2D eigenvalue weighted by atomic mass is 79.9. The van der Waals surface area contributed by atoms with E-state index in [1.807, 2.05) is 33.8 Å². The summed E-state index contributed by atoms with van der Waals surface area (Å²) in [4.78, 5) is 18.1. The van der Waals surface area contributed by atoms with Gasteiger partial charge in [0, 0.05) is 23.3 Å². The first kappa shape index (κ1) is 13.2. The van der Waals surface area contributed by atoms with Gasteiger partial charge in [0.05, 0.1) is 0 Å². The van der Waals surface area contributed by atoms with Crippen LogP contribution in [-0.2, 0) is 0 Å². The summed E-state index contributed by atoms with van der Waals surface area (Å²) in [5, 5.41) is 0. The Hall–Kier alpha value is -0.900. The van der Waals surface area contributed by atoms with Crippen LogP contribution in [0, 0.1) is 6.92 Å². The Morgan fingerprint density at radius 3 is 2.50 bits per heavy atom. The number of aromatic nitrogens is 1. The first-order chi connectivity index (χ1) is 7.25. The van der Waals surface area contributed by atoms with Crippen LogP contribution in [0.5, 0.6) is 0 Å². The average molecular weight is 285 g/mol. The molecule has 1 rings (SSSR count). The summed E-state index contributed by atoms with van der Waals surface area (Å²) in [7, 11) is 1.80. The molecule has 0 aliphatic heterocycles. The minimum absolute atomic E-state index is 0.0497. The fourth-order valence-corrected chi connectivity index (χ4v) is 1.50. The van der Waals surface area contributed by atoms with Gasteiger partial charge in [0.15, 0.2) is 0 Å². The number of rotatable bonds is 1. The molecule has 1 heterocycles. The van der Waals surface area contributed by atoms with Gasteiger partial charge in [-0.05, 0) is 39.3 Å². The van der Waals surface area contributed by atoms with E-state index < -0.39 is 0 Å². The Morgan fingerprint density at radius 1 is 1.44 bits per heavy atom. The molecule has 1 aromatic rings. The maximum atomic E-state index is 12.2. The zero-order valence-electron chi connectivity index (χ0n) is 10.3. The molecule has 0 aliphatic rings. The summed E-state index contributed by atoms with van der Waals surface area (Å²) in [5.74, 6) is -0.0497. The van der Waals surface area contributed by atoms with Gasteiger partial charge in [0.1, 0.15) is 5.69 Å². The topological polar surface area (TPSA) is 33.2 Å². The molecule has 3 nitrogen and oxygen atoms in total. The molecular formula is C12H17BrN2O. The van der Waals surface area contributed by atoms with Crippen LogP contribution in [0.25, 0.3) is 0 Å². The number of nitrogens with zero attached hydrogens (tertiary/aromatic N) is 2. The highest BCUT2D eigenvalue weighted by Crippen LogP contribution is 2.21. The van der Waals surface area contributed by atoms with Gasteiger partial charge in [-0.3, -0.25) is 9.78 Å². The molecule has 0 aromatic carbocycles. The minimum Gasteiger partial charge on any atom is -0.336 e. The van der Waals surface area contributed by atoms with Crippen LogP contribution in [0.4, 0.5) is 0 Å². The average Bonchev–Trinajstić information content (AvgIpc) is 2.18. The van der Waals surface area contributed by atoms with E-state index in [0.29, 0.717) is 5.69 Å². The zero-order chi connectivity index (χ0) is 12.5. The molecule has 0 atom stereocenters. The summed E-state index contributed by atoms with van der Waals surface area (Å²) in [6, 6.07) is 1.84. The molecule has 0 radical (unpaired) electrons. The number of halogens is 1. The van der Waals surface area contributed by atoms with Crippen molar-refractivity contribution in [3.63, 3.8) is 0 Å². The Labute approximate surface area is 105 Å². The number of carbonyl (C=O) groups is 1. The van der Waals surface area contributed by atoms with Crippen molar-refractivity contribution in [2.75, 3.05) is 7.05 Å². The van der Waals surface area contributed by atoms with E-state index in [0.717, 1.165) is 10.0 Å². The number of carbonyl (C=O) groups excluding carboxylic acids is 1. The maximum Gasteiger partial charge on any atom is 0.272 e. The normalized spacial score (nSPS) is 11.4. The smallest absolute Gasteiger partial charge is 0.272 e. The van der Waals surface area contributed by atoms with Crippen LogP contribution in [0.3, 0.4) is 0 Å². The third-order valence-electron chi connectivity index (χ3n) is 2.65. The van der Waals surface area contributed by atoms with Crippen LogP contribution >= 0.6 is 15.9 Å². The second-order valence-corrected chi connectivity index (χ2v) is 5.66. The molecule has 88 valence electrons. The van der Waals surface area contributed by atoms with Crippen molar-refractivity contribution in [1.82, 2.24) is 9.88 Å². The van der Waals surface area contributed by atoms with Crippen LogP contribution in [0.15, 0.2) is 16.7 Å². The lowest BCUT2D eigenvalue weighted by Gasteiger charge is -2.32. The van der Waals surface area contributed by atoms with E-state index in [4.69, 9.17) is 0 Å². The SMILES string of the molecule is Cc1c(Br)ccnc1C(=O)N(C)C(C)(C)C. The van der Waals surface area contributed by atoms with Gasteiger partial charge < -0.3 is 4.90 Å². The van der Waals surface area contributed by atoms with E-state index in [1.54, 1.807) is 18.1 Å². The Balaban J connectivity index is 3.11. The zero-order valence-corrected chi connectivity index (χ0v) is 11.9. The minimum atomic E-state index is -0.201. The molecule has 0 aliphatic carbocycles. The number of hydrogen-bond donors (Lipinski definition) is 0. The molecule has 0 fully saturated rings. The number of amides is 1. The predicted molar refractivity (Wildman–Crippen MR) is 68.5 cm³/mol. The van der Waals surface area contributed by atoms with Crippen LogP contribution in [0.2, 0.25) is 0 Å². The largest absolute Gasteiger partial charge is 0.336 e. The van der Waals surface area contributed by atoms with Gasteiger partial charge >= 0.3 is 0 Å². The van der Waals surface area contributed by atoms with Crippen LogP contribution in [0.1, 0.15) is 36.8 Å². The number of hydrogen-bond acceptors (Lipinski definition) is 2. The Kier molecular flexibility index (Phi) is 3.73. The van der Waals surface area contributed by atoms with Crippen molar-refractivity contribution in [2.24, 2.45) is 0 Å². The van der Waals surface area contributed by atoms with Gasteiger partial charge in [-0.25, -0.2) is 0 Å². The lowest BCUT2D eigenvalue weighted by atomic mass is 10.1. The van der Waals surface area contributed by atoms with E-state index in [1.165, 1.54) is 0 Å². The molecule has 0 spiro atoms. The first-order valence-corrected chi connectivity index (χ1v) is 5.93. The monoisotopic (exact) mass is 284 g/mol. The molecule has 0 saturated heterocycles. The summed E-state index contributed by atoms with van der Waals surface area (Å²) in [5.41, 5.74) is 1.18. The van der Waals surface area contributed by atoms with Gasteiger partial charge in [-0.2, -0.15) is 0 Å². The Morgan fingerprint density at radius 2 is 2.00 bits per heavy atom. The molecule has 4 heteroatoms. The predicted octanol–water partition coefficient (Wildman–Crippen LogP) is 3.02. The van der Waals surface area contributed by atoms with Crippen molar-refractivity contribution in [3.05, 3.63) is 28.0 Å². The molecule has 0 unspecified atom stereocenters. The Bertz CT molecular complexity index is 410. The van der Waals surface area contributed by atoms with Gasteiger partial charge in [0.25, 0.3) is 5.91 Å². The van der Waals surface area contributed by atoms with Crippen LogP contribution < -0.4 is 0 Å². The van der Waals surface area contributed by atoms with E-state index >= 15 is 0 Å². The van der Waals surface area contributed by atoms with Crippen molar-refractivity contribution < 1.29 is 4.79 Å². The standard InChI is InChI=1S/C12H17BrN2O/c1-8-9(13)6-7-14-10(8)11(16)15(5)12(2,3)4/h6-7H,1-5H3. The summed E-state index contributed by atoms with van der Waals surface area (Å²) >= 11 is 3.40. The third-order valence-corrected chi connectivity index (χ3v) is 3.51. The molecule has 0 saturated carbocycles. The maximum absolute atomic E-state index is 12.2. The lowest BCUT2D eigenvalue weighted by Crippen LogP contribution is -2.43. The second kappa shape index (κ2) is 4.53. The van der Waals surface area contributed by atoms with Gasteiger partial charge in [0.2, 0.25) is 0 Å². The van der Waals surface area contributed by atoms with Crippen LogP contribution in [-0.4, -0.2) is 28.4 Å². The lowest BCUT2D eigenvalue weighted by molar-refractivity contribution is 0.0649. The molecular weight excluding hydrogens is 268 g/mol. The fraction of sp³-hybridized carbons (Fsp3) is 0.500. The van der Waals surface area contributed by atoms with Crippen molar-refractivity contribution in [3.8, 4) is 0 Å². The first-order valence-electron chi connectivity index (χ1n) is 5.14. The van der Waals surface area contributed by atoms with Crippen molar-refractivity contribution in [1.29, 1.82) is 0 Å². The molecule has 1 aromatic heterocycles. The highest BCUT2D eigenvalue weighted by Gasteiger charge is 2.25. The number of pyridine rings is 1. The summed E-state index contributed by atoms with van der Waals surface area (Å²) < 4.78 is 0.910. The highest BCUT2D eigenvalue weighted by molar-refractivity contribution is 9.10. The van der Waals surface area contributed by atoms with E-state index in [2.05, 4.69) is 20.9 Å². The summed E-state index contributed by atoms with van der Waals surface area (Å²) in [6.45, 7) is 7.88. The quantitative estimate of drug-likeness (QED) is 0.794. The van der Waals surface area contributed by atoms with Gasteiger partial charge in [-0.1, -0.05) is 15.9 Å². The van der Waals surface area contributed by atoms with E-state index in [9.17, 15) is 4.79 Å². The molecule has 0 bridgehead atoms. The molecule has 1 amide bonds. The summed E-state index contributed by atoms with van der Waals surface area (Å²) in [6.07, 6.45) is 1.64. The molecule has 0 N–H and O–H groups in total. The molecule has 16 heavy (non-hydrogen) atoms. The second-order valence-electron chi connectivity index (χ2n) is 4.80. The van der Waals surface area contributed by atoms with Crippen molar-refractivity contribution >= 4 is 21.8 Å². The third kappa shape index (κ3) is 2.61. The van der Waals surface area contributed by atoms with E-state index in [-0.39, 0.29) is 11.4 Å².